The lowest BCUT2D eigenvalue weighted by atomic mass is 10.2. The third-order valence-corrected chi connectivity index (χ3v) is 3.53. The van der Waals surface area contributed by atoms with E-state index in [1.54, 1.807) is 0 Å². The summed E-state index contributed by atoms with van der Waals surface area (Å²) < 4.78 is 63.5. The molecule has 10 heteroatoms. The van der Waals surface area contributed by atoms with Gasteiger partial charge in [0.1, 0.15) is 0 Å². The summed E-state index contributed by atoms with van der Waals surface area (Å²) in [6.07, 6.45) is -3.44. The van der Waals surface area contributed by atoms with E-state index in [-0.39, 0.29) is 24.6 Å². The van der Waals surface area contributed by atoms with Gasteiger partial charge in [0.2, 0.25) is 16.0 Å². The molecule has 0 bridgehead atoms. The molecule has 0 fully saturated rings. The van der Waals surface area contributed by atoms with Crippen molar-refractivity contribution < 1.29 is 21.6 Å². The Morgan fingerprint density at radius 3 is 2.62 bits per heavy atom. The van der Waals surface area contributed by atoms with Gasteiger partial charge in [-0.25, -0.2) is 18.1 Å². The largest absolute Gasteiger partial charge is 0.416 e. The first kappa shape index (κ1) is 15.6. The van der Waals surface area contributed by atoms with E-state index in [9.17, 15) is 21.6 Å². The number of anilines is 1. The molecule has 0 aliphatic heterocycles. The number of nitrogens with zero attached hydrogens (tertiary/aromatic N) is 2. The molecule has 0 saturated heterocycles. The SMILES string of the molecule is CS(=O)(=O)NCCn1c(N)nc2cc(C(F)(F)F)ccc21. The van der Waals surface area contributed by atoms with Crippen LogP contribution in [0.3, 0.4) is 0 Å². The Labute approximate surface area is 118 Å². The molecule has 0 aliphatic rings. The molecule has 1 heterocycles. The van der Waals surface area contributed by atoms with Crippen molar-refractivity contribution in [1.82, 2.24) is 14.3 Å². The van der Waals surface area contributed by atoms with Gasteiger partial charge in [0.05, 0.1) is 22.9 Å². The average molecular weight is 322 g/mol. The molecule has 0 saturated carbocycles. The second-order valence-electron chi connectivity index (χ2n) is 4.49. The van der Waals surface area contributed by atoms with Gasteiger partial charge in [-0.1, -0.05) is 0 Å². The molecule has 0 radical (unpaired) electrons. The van der Waals surface area contributed by atoms with Crippen molar-refractivity contribution in [2.24, 2.45) is 0 Å². The number of rotatable bonds is 4. The van der Waals surface area contributed by atoms with Crippen molar-refractivity contribution >= 4 is 27.0 Å². The summed E-state index contributed by atoms with van der Waals surface area (Å²) in [6, 6.07) is 3.11. The topological polar surface area (TPSA) is 90.0 Å². The Bertz CT molecular complexity index is 768. The number of alkyl halides is 3. The summed E-state index contributed by atoms with van der Waals surface area (Å²) in [7, 11) is -3.34. The van der Waals surface area contributed by atoms with Crippen molar-refractivity contribution in [2.45, 2.75) is 12.7 Å². The predicted molar refractivity (Wildman–Crippen MR) is 72.0 cm³/mol. The van der Waals surface area contributed by atoms with Crippen LogP contribution in [0.5, 0.6) is 0 Å². The minimum Gasteiger partial charge on any atom is -0.369 e. The highest BCUT2D eigenvalue weighted by atomic mass is 32.2. The van der Waals surface area contributed by atoms with Gasteiger partial charge in [0, 0.05) is 13.1 Å². The number of benzene rings is 1. The first-order valence-corrected chi connectivity index (χ1v) is 7.74. The average Bonchev–Trinajstić information content (AvgIpc) is 2.62. The molecule has 1 aromatic heterocycles. The third kappa shape index (κ3) is 3.64. The number of aromatic nitrogens is 2. The lowest BCUT2D eigenvalue weighted by Gasteiger charge is -2.08. The van der Waals surface area contributed by atoms with Crippen LogP contribution >= 0.6 is 0 Å². The van der Waals surface area contributed by atoms with Gasteiger partial charge < -0.3 is 10.3 Å². The minimum atomic E-state index is -4.45. The Morgan fingerprint density at radius 1 is 1.38 bits per heavy atom. The van der Waals surface area contributed by atoms with Gasteiger partial charge in [0.25, 0.3) is 0 Å². The maximum absolute atomic E-state index is 12.6. The maximum atomic E-state index is 12.6. The lowest BCUT2D eigenvalue weighted by molar-refractivity contribution is -0.137. The first-order chi connectivity index (χ1) is 9.58. The molecule has 0 spiro atoms. The van der Waals surface area contributed by atoms with Gasteiger partial charge in [-0.15, -0.1) is 0 Å². The van der Waals surface area contributed by atoms with Crippen LogP contribution in [0.4, 0.5) is 19.1 Å². The number of nitrogens with one attached hydrogen (secondary N) is 1. The van der Waals surface area contributed by atoms with Gasteiger partial charge in [-0.2, -0.15) is 13.2 Å². The molecule has 116 valence electrons. The zero-order chi connectivity index (χ0) is 15.8. The number of halogens is 3. The molecule has 2 rings (SSSR count). The monoisotopic (exact) mass is 322 g/mol. The zero-order valence-corrected chi connectivity index (χ0v) is 11.8. The number of nitrogen functional groups attached to an aromatic ring is 1. The van der Waals surface area contributed by atoms with Crippen LogP contribution in [0.25, 0.3) is 11.0 Å². The molecule has 6 nitrogen and oxygen atoms in total. The molecule has 0 amide bonds. The predicted octanol–water partition coefficient (Wildman–Crippen LogP) is 1.19. The van der Waals surface area contributed by atoms with E-state index in [4.69, 9.17) is 5.73 Å². The van der Waals surface area contributed by atoms with E-state index < -0.39 is 21.8 Å². The Morgan fingerprint density at radius 2 is 2.05 bits per heavy atom. The number of sulfonamides is 1. The van der Waals surface area contributed by atoms with Crippen LogP contribution in [0, 0.1) is 0 Å². The molecular weight excluding hydrogens is 309 g/mol. The van der Waals surface area contributed by atoms with Crippen LogP contribution in [0.1, 0.15) is 5.56 Å². The summed E-state index contributed by atoms with van der Waals surface area (Å²) in [4.78, 5) is 3.87. The van der Waals surface area contributed by atoms with Gasteiger partial charge in [0.15, 0.2) is 0 Å². The highest BCUT2D eigenvalue weighted by molar-refractivity contribution is 7.88. The highest BCUT2D eigenvalue weighted by Crippen LogP contribution is 2.31. The second kappa shape index (κ2) is 5.19. The van der Waals surface area contributed by atoms with Crippen LogP contribution in [0.15, 0.2) is 18.2 Å². The minimum absolute atomic E-state index is 0.0274. The number of fused-ring (bicyclic) bond motifs is 1. The summed E-state index contributed by atoms with van der Waals surface area (Å²) in [5.74, 6) is 0.0274. The maximum Gasteiger partial charge on any atom is 0.416 e. The fraction of sp³-hybridized carbons (Fsp3) is 0.364. The number of hydrogen-bond donors (Lipinski definition) is 2. The molecule has 0 unspecified atom stereocenters. The molecule has 2 aromatic rings. The van der Waals surface area contributed by atoms with E-state index in [0.717, 1.165) is 18.4 Å². The van der Waals surface area contributed by atoms with Crippen molar-refractivity contribution in [1.29, 1.82) is 0 Å². The van der Waals surface area contributed by atoms with Gasteiger partial charge in [-0.3, -0.25) is 0 Å². The lowest BCUT2D eigenvalue weighted by Crippen LogP contribution is -2.26. The summed E-state index contributed by atoms with van der Waals surface area (Å²) in [5, 5.41) is 0. The van der Waals surface area contributed by atoms with E-state index >= 15 is 0 Å². The summed E-state index contributed by atoms with van der Waals surface area (Å²) >= 11 is 0. The highest BCUT2D eigenvalue weighted by Gasteiger charge is 2.31. The van der Waals surface area contributed by atoms with E-state index in [1.807, 2.05) is 0 Å². The second-order valence-corrected chi connectivity index (χ2v) is 6.32. The first-order valence-electron chi connectivity index (χ1n) is 5.85. The fourth-order valence-electron chi connectivity index (χ4n) is 1.90. The zero-order valence-electron chi connectivity index (χ0n) is 11.0. The van der Waals surface area contributed by atoms with Crippen LogP contribution in [-0.4, -0.2) is 30.8 Å². The molecular formula is C11H13F3N4O2S. The van der Waals surface area contributed by atoms with Crippen molar-refractivity contribution in [3.05, 3.63) is 23.8 Å². The summed E-state index contributed by atoms with van der Waals surface area (Å²) in [6.45, 7) is 0.232. The van der Waals surface area contributed by atoms with E-state index in [1.165, 1.54) is 10.6 Å². The van der Waals surface area contributed by atoms with Crippen LogP contribution in [0.2, 0.25) is 0 Å². The smallest absolute Gasteiger partial charge is 0.369 e. The third-order valence-electron chi connectivity index (χ3n) is 2.80. The van der Waals surface area contributed by atoms with Crippen molar-refractivity contribution in [3.63, 3.8) is 0 Å². The number of imidazole rings is 1. The van der Waals surface area contributed by atoms with Crippen LogP contribution in [-0.2, 0) is 22.7 Å². The van der Waals surface area contributed by atoms with Gasteiger partial charge >= 0.3 is 6.18 Å². The standard InChI is InChI=1S/C11H13F3N4O2S/c1-21(19,20)16-4-5-18-9-3-2-7(11(12,13)14)6-8(9)17-10(18)15/h2-3,6,16H,4-5H2,1H3,(H2,15,17). The van der Waals surface area contributed by atoms with E-state index in [0.29, 0.717) is 5.52 Å². The molecule has 21 heavy (non-hydrogen) atoms. The number of hydrogen-bond acceptors (Lipinski definition) is 4. The Kier molecular flexibility index (Phi) is 3.85. The number of nitrogens with two attached hydrogens (primary N) is 1. The van der Waals surface area contributed by atoms with E-state index in [2.05, 4.69) is 9.71 Å². The van der Waals surface area contributed by atoms with Crippen molar-refractivity contribution in [3.8, 4) is 0 Å². The van der Waals surface area contributed by atoms with Gasteiger partial charge in [-0.05, 0) is 18.2 Å². The molecule has 0 atom stereocenters. The molecule has 3 N–H and O–H groups in total. The quantitative estimate of drug-likeness (QED) is 0.884. The fourth-order valence-corrected chi connectivity index (χ4v) is 2.36. The van der Waals surface area contributed by atoms with Crippen molar-refractivity contribution in [2.75, 3.05) is 18.5 Å². The molecule has 0 aliphatic carbocycles. The summed E-state index contributed by atoms with van der Waals surface area (Å²) in [5.41, 5.74) is 5.37. The normalized spacial score (nSPS) is 13.0. The molecule has 1 aromatic carbocycles. The Hall–Kier alpha value is -1.81. The Balaban J connectivity index is 2.31. The van der Waals surface area contributed by atoms with Crippen LogP contribution < -0.4 is 10.5 Å².